The predicted molar refractivity (Wildman–Crippen MR) is 64.7 cm³/mol. The fourth-order valence-corrected chi connectivity index (χ4v) is 3.42. The number of nitrogens with two attached hydrogens (primary N) is 1. The Labute approximate surface area is 94.0 Å². The van der Waals surface area contributed by atoms with Crippen LogP contribution in [0.4, 0.5) is 0 Å². The minimum Gasteiger partial charge on any atom is -0.329 e. The molecule has 3 N–H and O–H groups in total. The Bertz CT molecular complexity index is 187. The van der Waals surface area contributed by atoms with E-state index in [1.165, 1.54) is 44.9 Å². The SMILES string of the molecule is CC1CCC(NC(CN)C2CCCC2)C1. The van der Waals surface area contributed by atoms with E-state index in [2.05, 4.69) is 12.2 Å². The third-order valence-corrected chi connectivity index (χ3v) is 4.37. The largest absolute Gasteiger partial charge is 0.329 e. The lowest BCUT2D eigenvalue weighted by atomic mass is 9.97. The molecule has 3 atom stereocenters. The van der Waals surface area contributed by atoms with Crippen LogP contribution in [0.25, 0.3) is 0 Å². The smallest absolute Gasteiger partial charge is 0.0221 e. The fraction of sp³-hybridized carbons (Fsp3) is 1.00. The molecule has 2 fully saturated rings. The Morgan fingerprint density at radius 2 is 1.93 bits per heavy atom. The van der Waals surface area contributed by atoms with Gasteiger partial charge in [0.05, 0.1) is 0 Å². The van der Waals surface area contributed by atoms with Gasteiger partial charge in [0.25, 0.3) is 0 Å². The number of hydrogen-bond acceptors (Lipinski definition) is 2. The van der Waals surface area contributed by atoms with E-state index in [1.807, 2.05) is 0 Å². The zero-order valence-electron chi connectivity index (χ0n) is 10.0. The molecule has 0 spiro atoms. The van der Waals surface area contributed by atoms with Gasteiger partial charge in [0.1, 0.15) is 0 Å². The maximum atomic E-state index is 5.90. The van der Waals surface area contributed by atoms with E-state index in [1.54, 1.807) is 0 Å². The van der Waals surface area contributed by atoms with Crippen molar-refractivity contribution in [2.45, 2.75) is 64.0 Å². The summed E-state index contributed by atoms with van der Waals surface area (Å²) in [6.07, 6.45) is 9.77. The van der Waals surface area contributed by atoms with Gasteiger partial charge in [-0.3, -0.25) is 0 Å². The van der Waals surface area contributed by atoms with Gasteiger partial charge in [-0.2, -0.15) is 0 Å². The van der Waals surface area contributed by atoms with Gasteiger partial charge in [-0.25, -0.2) is 0 Å². The van der Waals surface area contributed by atoms with Crippen molar-refractivity contribution in [3.63, 3.8) is 0 Å². The minimum atomic E-state index is 0.600. The van der Waals surface area contributed by atoms with Crippen LogP contribution in [0.5, 0.6) is 0 Å². The Kier molecular flexibility index (Phi) is 4.04. The van der Waals surface area contributed by atoms with Crippen LogP contribution in [-0.4, -0.2) is 18.6 Å². The Hall–Kier alpha value is -0.0800. The molecule has 2 heteroatoms. The summed E-state index contributed by atoms with van der Waals surface area (Å²) in [6, 6.07) is 1.36. The molecule has 88 valence electrons. The fourth-order valence-electron chi connectivity index (χ4n) is 3.42. The molecular weight excluding hydrogens is 184 g/mol. The first-order chi connectivity index (χ1) is 7.29. The van der Waals surface area contributed by atoms with Crippen molar-refractivity contribution in [1.29, 1.82) is 0 Å². The molecular formula is C13H26N2. The highest BCUT2D eigenvalue weighted by Crippen LogP contribution is 2.30. The van der Waals surface area contributed by atoms with Gasteiger partial charge in [-0.05, 0) is 43.9 Å². The monoisotopic (exact) mass is 210 g/mol. The molecule has 0 heterocycles. The molecule has 3 unspecified atom stereocenters. The Morgan fingerprint density at radius 3 is 2.47 bits per heavy atom. The summed E-state index contributed by atoms with van der Waals surface area (Å²) in [4.78, 5) is 0. The van der Waals surface area contributed by atoms with E-state index in [0.29, 0.717) is 6.04 Å². The standard InChI is InChI=1S/C13H26N2/c1-10-6-7-12(8-10)15-13(9-14)11-4-2-3-5-11/h10-13,15H,2-9,14H2,1H3. The maximum absolute atomic E-state index is 5.90. The summed E-state index contributed by atoms with van der Waals surface area (Å²) in [5.41, 5.74) is 5.90. The first-order valence-electron chi connectivity index (χ1n) is 6.75. The van der Waals surface area contributed by atoms with Gasteiger partial charge in [0.2, 0.25) is 0 Å². The summed E-state index contributed by atoms with van der Waals surface area (Å²) in [5, 5.41) is 3.81. The van der Waals surface area contributed by atoms with Crippen LogP contribution < -0.4 is 11.1 Å². The van der Waals surface area contributed by atoms with Gasteiger partial charge >= 0.3 is 0 Å². The van der Waals surface area contributed by atoms with Crippen molar-refractivity contribution in [1.82, 2.24) is 5.32 Å². The lowest BCUT2D eigenvalue weighted by Gasteiger charge is -2.27. The second-order valence-corrected chi connectivity index (χ2v) is 5.67. The molecule has 15 heavy (non-hydrogen) atoms. The van der Waals surface area contributed by atoms with E-state index in [9.17, 15) is 0 Å². The van der Waals surface area contributed by atoms with Gasteiger partial charge in [0.15, 0.2) is 0 Å². The highest BCUT2D eigenvalue weighted by Gasteiger charge is 2.28. The molecule has 2 nitrogen and oxygen atoms in total. The van der Waals surface area contributed by atoms with Crippen molar-refractivity contribution in [3.8, 4) is 0 Å². The molecule has 0 radical (unpaired) electrons. The van der Waals surface area contributed by atoms with Crippen LogP contribution in [-0.2, 0) is 0 Å². The number of hydrogen-bond donors (Lipinski definition) is 2. The van der Waals surface area contributed by atoms with Crippen LogP contribution in [0.1, 0.15) is 51.9 Å². The van der Waals surface area contributed by atoms with E-state index in [0.717, 1.165) is 24.4 Å². The molecule has 0 saturated heterocycles. The van der Waals surface area contributed by atoms with Crippen molar-refractivity contribution < 1.29 is 0 Å². The predicted octanol–water partition coefficient (Wildman–Crippen LogP) is 2.28. The molecule has 0 aromatic heterocycles. The topological polar surface area (TPSA) is 38.0 Å². The van der Waals surface area contributed by atoms with Crippen LogP contribution in [0.2, 0.25) is 0 Å². The number of rotatable bonds is 4. The van der Waals surface area contributed by atoms with Crippen LogP contribution in [0.15, 0.2) is 0 Å². The van der Waals surface area contributed by atoms with E-state index < -0.39 is 0 Å². The molecule has 2 saturated carbocycles. The normalized spacial score (nSPS) is 34.8. The summed E-state index contributed by atoms with van der Waals surface area (Å²) in [5.74, 6) is 1.79. The molecule has 0 bridgehead atoms. The zero-order chi connectivity index (χ0) is 10.7. The molecule has 0 aromatic rings. The zero-order valence-corrected chi connectivity index (χ0v) is 10.0. The highest BCUT2D eigenvalue weighted by molar-refractivity contribution is 4.87. The molecule has 0 aromatic carbocycles. The Balaban J connectivity index is 1.79. The second kappa shape index (κ2) is 5.31. The average Bonchev–Trinajstić information content (AvgIpc) is 2.85. The summed E-state index contributed by atoms with van der Waals surface area (Å²) in [6.45, 7) is 3.20. The average molecular weight is 210 g/mol. The summed E-state index contributed by atoms with van der Waals surface area (Å²) >= 11 is 0. The quantitative estimate of drug-likeness (QED) is 0.747. The molecule has 2 aliphatic rings. The van der Waals surface area contributed by atoms with E-state index in [-0.39, 0.29) is 0 Å². The maximum Gasteiger partial charge on any atom is 0.0221 e. The van der Waals surface area contributed by atoms with E-state index in [4.69, 9.17) is 5.73 Å². The molecule has 0 amide bonds. The van der Waals surface area contributed by atoms with Gasteiger partial charge in [-0.15, -0.1) is 0 Å². The lowest BCUT2D eigenvalue weighted by molar-refractivity contribution is 0.324. The van der Waals surface area contributed by atoms with Gasteiger partial charge < -0.3 is 11.1 Å². The van der Waals surface area contributed by atoms with Crippen LogP contribution >= 0.6 is 0 Å². The molecule has 2 aliphatic carbocycles. The van der Waals surface area contributed by atoms with Crippen LogP contribution in [0.3, 0.4) is 0 Å². The summed E-state index contributed by atoms with van der Waals surface area (Å²) in [7, 11) is 0. The van der Waals surface area contributed by atoms with Crippen molar-refractivity contribution in [2.24, 2.45) is 17.6 Å². The van der Waals surface area contributed by atoms with Crippen LogP contribution in [0, 0.1) is 11.8 Å². The van der Waals surface area contributed by atoms with Crippen molar-refractivity contribution in [3.05, 3.63) is 0 Å². The van der Waals surface area contributed by atoms with Gasteiger partial charge in [0, 0.05) is 18.6 Å². The molecule has 2 rings (SSSR count). The van der Waals surface area contributed by atoms with E-state index >= 15 is 0 Å². The Morgan fingerprint density at radius 1 is 1.20 bits per heavy atom. The molecule has 0 aliphatic heterocycles. The van der Waals surface area contributed by atoms with Crippen molar-refractivity contribution in [2.75, 3.05) is 6.54 Å². The van der Waals surface area contributed by atoms with Gasteiger partial charge in [-0.1, -0.05) is 19.8 Å². The number of nitrogens with one attached hydrogen (secondary N) is 1. The third kappa shape index (κ3) is 2.94. The second-order valence-electron chi connectivity index (χ2n) is 5.67. The lowest BCUT2D eigenvalue weighted by Crippen LogP contribution is -2.45. The first kappa shape index (κ1) is 11.4. The minimum absolute atomic E-state index is 0.600. The third-order valence-electron chi connectivity index (χ3n) is 4.37. The summed E-state index contributed by atoms with van der Waals surface area (Å²) < 4.78 is 0. The highest BCUT2D eigenvalue weighted by atomic mass is 15.0. The first-order valence-corrected chi connectivity index (χ1v) is 6.75. The van der Waals surface area contributed by atoms with Crippen molar-refractivity contribution >= 4 is 0 Å².